The maximum absolute atomic E-state index is 11.2. The van der Waals surface area contributed by atoms with Crippen LogP contribution < -0.4 is 16.0 Å². The van der Waals surface area contributed by atoms with Crippen LogP contribution >= 0.6 is 12.2 Å². The summed E-state index contributed by atoms with van der Waals surface area (Å²) in [6.07, 6.45) is 0. The Morgan fingerprint density at radius 1 is 0.935 bits per heavy atom. The summed E-state index contributed by atoms with van der Waals surface area (Å²) >= 11 is 5.33. The molecule has 3 aromatic carbocycles. The van der Waals surface area contributed by atoms with Crippen molar-refractivity contribution in [3.63, 3.8) is 0 Å². The van der Waals surface area contributed by atoms with E-state index in [4.69, 9.17) is 12.2 Å². The van der Waals surface area contributed by atoms with E-state index in [1.54, 1.807) is 12.1 Å². The zero-order chi connectivity index (χ0) is 22.0. The van der Waals surface area contributed by atoms with Crippen LogP contribution in [0.2, 0.25) is 0 Å². The molecule has 0 bridgehead atoms. The van der Waals surface area contributed by atoms with Crippen LogP contribution in [0.15, 0.2) is 66.7 Å². The van der Waals surface area contributed by atoms with Crippen LogP contribution in [0.4, 0.5) is 17.1 Å². The molecule has 0 aromatic heterocycles. The molecule has 3 aromatic rings. The van der Waals surface area contributed by atoms with Crippen molar-refractivity contribution in [3.8, 4) is 11.1 Å². The van der Waals surface area contributed by atoms with Gasteiger partial charge in [0.25, 0.3) is 5.69 Å². The summed E-state index contributed by atoms with van der Waals surface area (Å²) in [5.41, 5.74) is 6.15. The molecule has 0 heterocycles. The van der Waals surface area contributed by atoms with Crippen LogP contribution in [0.1, 0.15) is 25.0 Å². The molecule has 0 spiro atoms. The lowest BCUT2D eigenvalue weighted by Gasteiger charge is -2.22. The minimum atomic E-state index is -0.337. The minimum absolute atomic E-state index is 0.129. The van der Waals surface area contributed by atoms with Gasteiger partial charge < -0.3 is 16.0 Å². The number of nitrogens with one attached hydrogen (secondary N) is 3. The summed E-state index contributed by atoms with van der Waals surface area (Å²) in [6.45, 7) is 5.60. The highest BCUT2D eigenvalue weighted by molar-refractivity contribution is 7.80. The first-order valence-electron chi connectivity index (χ1n) is 10.1. The Bertz CT molecular complexity index is 1150. The SMILES string of the molecule is CC1(C)c2cc(NCCNC(=S)Nc3ccccc3)ccc2-c2ccc([N+](=O)[O-])cc21. The standard InChI is InChI=1S/C24H24N4O2S/c1-24(2)21-14-17(25-12-13-26-23(31)27-16-6-4-3-5-7-16)8-10-19(21)20-11-9-18(28(29)30)15-22(20)24/h3-11,14-15,25H,12-13H2,1-2H3,(H2,26,27,31). The molecule has 0 radical (unpaired) electrons. The summed E-state index contributed by atoms with van der Waals surface area (Å²) in [7, 11) is 0. The Hall–Kier alpha value is -3.45. The van der Waals surface area contributed by atoms with Crippen molar-refractivity contribution in [1.82, 2.24) is 5.32 Å². The lowest BCUT2D eigenvalue weighted by molar-refractivity contribution is -0.384. The van der Waals surface area contributed by atoms with Crippen molar-refractivity contribution >= 4 is 34.4 Å². The van der Waals surface area contributed by atoms with E-state index in [9.17, 15) is 10.1 Å². The Morgan fingerprint density at radius 3 is 2.32 bits per heavy atom. The van der Waals surface area contributed by atoms with Crippen LogP contribution in [0.25, 0.3) is 11.1 Å². The zero-order valence-electron chi connectivity index (χ0n) is 17.4. The van der Waals surface area contributed by atoms with Gasteiger partial charge in [0.15, 0.2) is 5.11 Å². The number of anilines is 2. The molecule has 0 aliphatic heterocycles. The lowest BCUT2D eigenvalue weighted by atomic mass is 9.82. The lowest BCUT2D eigenvalue weighted by Crippen LogP contribution is -2.32. The fourth-order valence-corrected chi connectivity index (χ4v) is 4.25. The van der Waals surface area contributed by atoms with Crippen LogP contribution in [0.3, 0.4) is 0 Å². The van der Waals surface area contributed by atoms with E-state index < -0.39 is 0 Å². The highest BCUT2D eigenvalue weighted by Gasteiger charge is 2.36. The van der Waals surface area contributed by atoms with Gasteiger partial charge in [0.1, 0.15) is 0 Å². The van der Waals surface area contributed by atoms with E-state index in [1.807, 2.05) is 42.5 Å². The monoisotopic (exact) mass is 432 g/mol. The normalized spacial score (nSPS) is 13.1. The smallest absolute Gasteiger partial charge is 0.269 e. The van der Waals surface area contributed by atoms with E-state index in [2.05, 4.69) is 41.9 Å². The summed E-state index contributed by atoms with van der Waals surface area (Å²) in [6, 6.07) is 21.2. The van der Waals surface area contributed by atoms with Gasteiger partial charge >= 0.3 is 0 Å². The number of rotatable bonds is 6. The molecule has 0 unspecified atom stereocenters. The van der Waals surface area contributed by atoms with Crippen molar-refractivity contribution in [2.75, 3.05) is 23.7 Å². The van der Waals surface area contributed by atoms with Gasteiger partial charge in [-0.1, -0.05) is 38.1 Å². The number of hydrogen-bond donors (Lipinski definition) is 3. The van der Waals surface area contributed by atoms with Crippen LogP contribution in [-0.4, -0.2) is 23.1 Å². The number of nitro groups is 1. The van der Waals surface area contributed by atoms with Gasteiger partial charge in [-0.3, -0.25) is 10.1 Å². The summed E-state index contributed by atoms with van der Waals surface area (Å²) in [4.78, 5) is 10.9. The van der Waals surface area contributed by atoms with Gasteiger partial charge in [-0.25, -0.2) is 0 Å². The third-order valence-electron chi connectivity index (χ3n) is 5.64. The predicted molar refractivity (Wildman–Crippen MR) is 130 cm³/mol. The Labute approximate surface area is 186 Å². The van der Waals surface area contributed by atoms with Gasteiger partial charge in [0.05, 0.1) is 4.92 Å². The van der Waals surface area contributed by atoms with Crippen molar-refractivity contribution in [2.24, 2.45) is 0 Å². The molecule has 6 nitrogen and oxygen atoms in total. The van der Waals surface area contributed by atoms with Crippen molar-refractivity contribution in [2.45, 2.75) is 19.3 Å². The van der Waals surface area contributed by atoms with Crippen molar-refractivity contribution in [3.05, 3.63) is 88.0 Å². The molecule has 0 saturated carbocycles. The molecule has 158 valence electrons. The second-order valence-corrected chi connectivity index (χ2v) is 8.45. The predicted octanol–water partition coefficient (Wildman–Crippen LogP) is 5.30. The molecule has 4 rings (SSSR count). The molecule has 0 atom stereocenters. The van der Waals surface area contributed by atoms with Gasteiger partial charge in [-0.05, 0) is 64.8 Å². The number of para-hydroxylation sites is 1. The fraction of sp³-hybridized carbons (Fsp3) is 0.208. The molecule has 3 N–H and O–H groups in total. The number of hydrogen-bond acceptors (Lipinski definition) is 4. The van der Waals surface area contributed by atoms with Crippen molar-refractivity contribution < 1.29 is 4.92 Å². The van der Waals surface area contributed by atoms with E-state index in [0.717, 1.165) is 28.1 Å². The van der Waals surface area contributed by atoms with Crippen LogP contribution in [0, 0.1) is 10.1 Å². The molecule has 0 fully saturated rings. The minimum Gasteiger partial charge on any atom is -0.383 e. The first-order chi connectivity index (χ1) is 14.9. The number of benzene rings is 3. The molecular formula is C24H24N4O2S. The third-order valence-corrected chi connectivity index (χ3v) is 5.89. The van der Waals surface area contributed by atoms with E-state index in [0.29, 0.717) is 18.2 Å². The number of nitrogens with zero attached hydrogens (tertiary/aromatic N) is 1. The number of thiocarbonyl (C=S) groups is 1. The van der Waals surface area contributed by atoms with Gasteiger partial charge in [-0.15, -0.1) is 0 Å². The highest BCUT2D eigenvalue weighted by atomic mass is 32.1. The average molecular weight is 433 g/mol. The summed E-state index contributed by atoms with van der Waals surface area (Å²) in [5, 5.41) is 21.6. The van der Waals surface area contributed by atoms with E-state index >= 15 is 0 Å². The Balaban J connectivity index is 1.39. The summed E-state index contributed by atoms with van der Waals surface area (Å²) < 4.78 is 0. The van der Waals surface area contributed by atoms with E-state index in [-0.39, 0.29) is 16.0 Å². The Morgan fingerprint density at radius 2 is 1.61 bits per heavy atom. The Kier molecular flexibility index (Phi) is 5.61. The molecule has 1 aliphatic rings. The van der Waals surface area contributed by atoms with Gasteiger partial charge in [0.2, 0.25) is 0 Å². The second kappa shape index (κ2) is 8.35. The number of fused-ring (bicyclic) bond motifs is 3. The number of nitro benzene ring substituents is 1. The fourth-order valence-electron chi connectivity index (χ4n) is 4.03. The van der Waals surface area contributed by atoms with Crippen molar-refractivity contribution in [1.29, 1.82) is 0 Å². The molecular weight excluding hydrogens is 408 g/mol. The highest BCUT2D eigenvalue weighted by Crippen LogP contribution is 2.50. The maximum atomic E-state index is 11.2. The second-order valence-electron chi connectivity index (χ2n) is 8.05. The zero-order valence-corrected chi connectivity index (χ0v) is 18.3. The third kappa shape index (κ3) is 4.22. The van der Waals surface area contributed by atoms with Gasteiger partial charge in [-0.2, -0.15) is 0 Å². The first-order valence-corrected chi connectivity index (χ1v) is 10.5. The van der Waals surface area contributed by atoms with E-state index in [1.165, 1.54) is 5.56 Å². The van der Waals surface area contributed by atoms with Crippen LogP contribution in [-0.2, 0) is 5.41 Å². The quantitative estimate of drug-likeness (QED) is 0.212. The summed E-state index contributed by atoms with van der Waals surface area (Å²) in [5.74, 6) is 0. The molecule has 1 aliphatic carbocycles. The average Bonchev–Trinajstić information content (AvgIpc) is 2.98. The molecule has 31 heavy (non-hydrogen) atoms. The number of non-ortho nitro benzene ring substituents is 1. The van der Waals surface area contributed by atoms with Crippen LogP contribution in [0.5, 0.6) is 0 Å². The topological polar surface area (TPSA) is 79.2 Å². The molecule has 7 heteroatoms. The van der Waals surface area contributed by atoms with Gasteiger partial charge in [0, 0.05) is 42.0 Å². The largest absolute Gasteiger partial charge is 0.383 e. The maximum Gasteiger partial charge on any atom is 0.269 e. The molecule has 0 saturated heterocycles. The molecule has 0 amide bonds. The first kappa shape index (κ1) is 20.8.